The second-order valence-corrected chi connectivity index (χ2v) is 6.29. The van der Waals surface area contributed by atoms with Crippen LogP contribution in [0.4, 0.5) is 0 Å². The van der Waals surface area contributed by atoms with Gasteiger partial charge in [0.15, 0.2) is 11.5 Å². The van der Waals surface area contributed by atoms with Crippen molar-refractivity contribution in [2.24, 2.45) is 7.05 Å². The first-order chi connectivity index (χ1) is 12.3. The Labute approximate surface area is 144 Å². The van der Waals surface area contributed by atoms with E-state index in [1.807, 2.05) is 19.4 Å². The molecule has 4 aromatic rings. The molecule has 0 fully saturated rings. The van der Waals surface area contributed by atoms with Gasteiger partial charge in [-0.15, -0.1) is 0 Å². The fourth-order valence-corrected chi connectivity index (χ4v) is 3.29. The Hall–Kier alpha value is -3.28. The van der Waals surface area contributed by atoms with Crippen molar-refractivity contribution < 1.29 is 0 Å². The number of aryl methyl sites for hydroxylation is 1. The fourth-order valence-electron chi connectivity index (χ4n) is 3.29. The average Bonchev–Trinajstić information content (AvgIpc) is 3.32. The molecule has 0 atom stereocenters. The maximum atomic E-state index is 4.72. The monoisotopic (exact) mass is 328 g/mol. The number of rotatable bonds is 3. The van der Waals surface area contributed by atoms with Gasteiger partial charge in [0.2, 0.25) is 0 Å². The van der Waals surface area contributed by atoms with Crippen LogP contribution in [-0.4, -0.2) is 29.4 Å². The van der Waals surface area contributed by atoms with Crippen LogP contribution in [0.15, 0.2) is 49.1 Å². The summed E-state index contributed by atoms with van der Waals surface area (Å²) in [7, 11) is 1.89. The SMILES string of the molecule is Cn1cc(-c2nccn3nc(Cc4ccc5c(c4)CC=C5)nc23)cn1. The normalized spacial score (nSPS) is 12.8. The van der Waals surface area contributed by atoms with Crippen molar-refractivity contribution in [2.75, 3.05) is 0 Å². The molecule has 0 unspecified atom stereocenters. The van der Waals surface area contributed by atoms with Crippen molar-refractivity contribution in [3.8, 4) is 11.3 Å². The molecule has 6 heteroatoms. The Morgan fingerprint density at radius 1 is 1.24 bits per heavy atom. The van der Waals surface area contributed by atoms with E-state index < -0.39 is 0 Å². The molecular formula is C19H16N6. The van der Waals surface area contributed by atoms with Gasteiger partial charge in [-0.05, 0) is 23.1 Å². The zero-order valence-electron chi connectivity index (χ0n) is 13.8. The van der Waals surface area contributed by atoms with Crippen LogP contribution in [0.25, 0.3) is 23.0 Å². The summed E-state index contributed by atoms with van der Waals surface area (Å²) in [5.74, 6) is 0.795. The van der Waals surface area contributed by atoms with Gasteiger partial charge in [0.1, 0.15) is 5.69 Å². The largest absolute Gasteiger partial charge is 0.275 e. The van der Waals surface area contributed by atoms with Gasteiger partial charge in [-0.1, -0.05) is 30.4 Å². The first-order valence-corrected chi connectivity index (χ1v) is 8.24. The molecule has 3 aromatic heterocycles. The Morgan fingerprint density at radius 2 is 2.20 bits per heavy atom. The van der Waals surface area contributed by atoms with Gasteiger partial charge in [0.25, 0.3) is 0 Å². The van der Waals surface area contributed by atoms with Crippen molar-refractivity contribution >= 4 is 11.7 Å². The highest BCUT2D eigenvalue weighted by Gasteiger charge is 2.13. The molecule has 122 valence electrons. The van der Waals surface area contributed by atoms with Crippen molar-refractivity contribution in [3.05, 3.63) is 71.6 Å². The minimum absolute atomic E-state index is 0.710. The van der Waals surface area contributed by atoms with E-state index in [2.05, 4.69) is 45.5 Å². The molecule has 1 aliphatic carbocycles. The van der Waals surface area contributed by atoms with Gasteiger partial charge in [0, 0.05) is 37.6 Å². The average molecular weight is 328 g/mol. The number of hydrogen-bond donors (Lipinski definition) is 0. The molecule has 0 amide bonds. The molecule has 3 heterocycles. The van der Waals surface area contributed by atoms with Crippen molar-refractivity contribution in [2.45, 2.75) is 12.8 Å². The lowest BCUT2D eigenvalue weighted by Gasteiger charge is -2.02. The molecule has 0 bridgehead atoms. The molecule has 0 spiro atoms. The Morgan fingerprint density at radius 3 is 3.08 bits per heavy atom. The number of nitrogens with zero attached hydrogens (tertiary/aromatic N) is 6. The second-order valence-electron chi connectivity index (χ2n) is 6.29. The predicted octanol–water partition coefficient (Wildman–Crippen LogP) is 2.68. The van der Waals surface area contributed by atoms with E-state index >= 15 is 0 Å². The predicted molar refractivity (Wildman–Crippen MR) is 95.0 cm³/mol. The summed E-state index contributed by atoms with van der Waals surface area (Å²) < 4.78 is 3.55. The van der Waals surface area contributed by atoms with E-state index in [1.54, 1.807) is 21.6 Å². The molecule has 0 saturated heterocycles. The molecule has 0 saturated carbocycles. The molecule has 1 aliphatic rings. The highest BCUT2D eigenvalue weighted by Crippen LogP contribution is 2.23. The van der Waals surface area contributed by atoms with Crippen molar-refractivity contribution in [1.29, 1.82) is 0 Å². The van der Waals surface area contributed by atoms with Crippen molar-refractivity contribution in [3.63, 3.8) is 0 Å². The van der Waals surface area contributed by atoms with E-state index in [-0.39, 0.29) is 0 Å². The van der Waals surface area contributed by atoms with Crippen LogP contribution in [0, 0.1) is 0 Å². The summed E-state index contributed by atoms with van der Waals surface area (Å²) in [6.07, 6.45) is 13.4. The van der Waals surface area contributed by atoms with Crippen LogP contribution in [0.5, 0.6) is 0 Å². The smallest absolute Gasteiger partial charge is 0.182 e. The Bertz CT molecular complexity index is 1120. The molecule has 0 radical (unpaired) electrons. The van der Waals surface area contributed by atoms with Crippen LogP contribution >= 0.6 is 0 Å². The van der Waals surface area contributed by atoms with Gasteiger partial charge in [-0.3, -0.25) is 9.67 Å². The first-order valence-electron chi connectivity index (χ1n) is 8.24. The van der Waals surface area contributed by atoms with Gasteiger partial charge < -0.3 is 0 Å². The van der Waals surface area contributed by atoms with Crippen LogP contribution in [0.3, 0.4) is 0 Å². The number of benzene rings is 1. The highest BCUT2D eigenvalue weighted by molar-refractivity contribution is 5.72. The van der Waals surface area contributed by atoms with E-state index in [0.29, 0.717) is 6.42 Å². The zero-order valence-corrected chi connectivity index (χ0v) is 13.8. The first kappa shape index (κ1) is 14.1. The standard InChI is InChI=1S/C19H16N6/c1-24-12-16(11-21-24)18-19-22-17(23-25(19)8-7-20-18)10-13-5-6-14-3-2-4-15(14)9-13/h2-3,5-9,11-12H,4,10H2,1H3. The molecule has 0 N–H and O–H groups in total. The van der Waals surface area contributed by atoms with E-state index in [0.717, 1.165) is 29.1 Å². The summed E-state index contributed by atoms with van der Waals surface area (Å²) >= 11 is 0. The topological polar surface area (TPSA) is 60.9 Å². The Kier molecular flexibility index (Phi) is 3.03. The maximum absolute atomic E-state index is 4.72. The molecular weight excluding hydrogens is 312 g/mol. The number of fused-ring (bicyclic) bond motifs is 2. The quantitative estimate of drug-likeness (QED) is 0.580. The second kappa shape index (κ2) is 5.37. The lowest BCUT2D eigenvalue weighted by Crippen LogP contribution is -1.94. The summed E-state index contributed by atoms with van der Waals surface area (Å²) in [6, 6.07) is 6.58. The third-order valence-corrected chi connectivity index (χ3v) is 4.48. The van der Waals surface area contributed by atoms with Crippen LogP contribution in [0.2, 0.25) is 0 Å². The lowest BCUT2D eigenvalue weighted by molar-refractivity contribution is 0.768. The van der Waals surface area contributed by atoms with E-state index in [9.17, 15) is 0 Å². The number of aromatic nitrogens is 6. The van der Waals surface area contributed by atoms with Crippen molar-refractivity contribution in [1.82, 2.24) is 29.4 Å². The fraction of sp³-hybridized carbons (Fsp3) is 0.158. The third kappa shape index (κ3) is 2.42. The lowest BCUT2D eigenvalue weighted by atomic mass is 10.0. The van der Waals surface area contributed by atoms with Gasteiger partial charge in [-0.2, -0.15) is 10.2 Å². The molecule has 5 rings (SSSR count). The van der Waals surface area contributed by atoms with Crippen LogP contribution < -0.4 is 0 Å². The highest BCUT2D eigenvalue weighted by atomic mass is 15.3. The molecule has 6 nitrogen and oxygen atoms in total. The zero-order chi connectivity index (χ0) is 16.8. The summed E-state index contributed by atoms with van der Waals surface area (Å²) in [5, 5.41) is 8.84. The van der Waals surface area contributed by atoms with E-state index in [1.165, 1.54) is 16.7 Å². The van der Waals surface area contributed by atoms with Crippen LogP contribution in [0.1, 0.15) is 22.5 Å². The van der Waals surface area contributed by atoms with Gasteiger partial charge in [0.05, 0.1) is 6.20 Å². The minimum atomic E-state index is 0.710. The van der Waals surface area contributed by atoms with Gasteiger partial charge in [-0.25, -0.2) is 9.50 Å². The summed E-state index contributed by atoms with van der Waals surface area (Å²) in [4.78, 5) is 9.20. The van der Waals surface area contributed by atoms with Crippen LogP contribution in [-0.2, 0) is 19.9 Å². The number of hydrogen-bond acceptors (Lipinski definition) is 4. The molecule has 0 aliphatic heterocycles. The Balaban J connectivity index is 1.53. The number of allylic oxidation sites excluding steroid dienone is 1. The minimum Gasteiger partial charge on any atom is -0.275 e. The van der Waals surface area contributed by atoms with Gasteiger partial charge >= 0.3 is 0 Å². The summed E-state index contributed by atoms with van der Waals surface area (Å²) in [5.41, 5.74) is 6.42. The summed E-state index contributed by atoms with van der Waals surface area (Å²) in [6.45, 7) is 0. The maximum Gasteiger partial charge on any atom is 0.182 e. The molecule has 1 aromatic carbocycles. The van der Waals surface area contributed by atoms with E-state index in [4.69, 9.17) is 4.98 Å². The third-order valence-electron chi connectivity index (χ3n) is 4.48. The molecule has 25 heavy (non-hydrogen) atoms.